The number of hydrogen-bond acceptors (Lipinski definition) is 2. The van der Waals surface area contributed by atoms with Crippen molar-refractivity contribution in [2.24, 2.45) is 0 Å². The Kier molecular flexibility index (Phi) is 5.10. The van der Waals surface area contributed by atoms with E-state index < -0.39 is 0 Å². The summed E-state index contributed by atoms with van der Waals surface area (Å²) in [6.45, 7) is 5.96. The molecule has 0 radical (unpaired) electrons. The molecule has 0 fully saturated rings. The second-order valence-corrected chi connectivity index (χ2v) is 5.71. The average Bonchev–Trinajstić information content (AvgIpc) is 2.44. The fourth-order valence-corrected chi connectivity index (χ4v) is 2.38. The molecule has 1 N–H and O–H groups in total. The fourth-order valence-electron chi connectivity index (χ4n) is 2.38. The van der Waals surface area contributed by atoms with Crippen molar-refractivity contribution in [3.8, 4) is 0 Å². The van der Waals surface area contributed by atoms with Crippen LogP contribution in [0.4, 0.5) is 5.69 Å². The summed E-state index contributed by atoms with van der Waals surface area (Å²) in [6, 6.07) is 13.3. The van der Waals surface area contributed by atoms with Gasteiger partial charge in [0.1, 0.15) is 0 Å². The number of ketones is 1. The molecule has 0 aliphatic carbocycles. The van der Waals surface area contributed by atoms with Crippen LogP contribution in [0.1, 0.15) is 39.9 Å². The fraction of sp³-hybridized carbons (Fsp3) is 0.263. The molecule has 2 rings (SSSR count). The molecular formula is C19H21NO2. The summed E-state index contributed by atoms with van der Waals surface area (Å²) < 4.78 is 0. The molecule has 0 atom stereocenters. The number of carbonyl (C=O) groups is 2. The lowest BCUT2D eigenvalue weighted by molar-refractivity contribution is -0.116. The van der Waals surface area contributed by atoms with Gasteiger partial charge in [0.15, 0.2) is 5.78 Å². The first-order valence-corrected chi connectivity index (χ1v) is 7.42. The molecule has 3 heteroatoms. The van der Waals surface area contributed by atoms with Crippen molar-refractivity contribution in [1.82, 2.24) is 0 Å². The number of benzene rings is 2. The molecular weight excluding hydrogens is 274 g/mol. The summed E-state index contributed by atoms with van der Waals surface area (Å²) in [6.07, 6.45) is 0.416. The summed E-state index contributed by atoms with van der Waals surface area (Å²) >= 11 is 0. The predicted octanol–water partition coefficient (Wildman–Crippen LogP) is 4.21. The van der Waals surface area contributed by atoms with Crippen molar-refractivity contribution in [2.75, 3.05) is 5.32 Å². The Morgan fingerprint density at radius 2 is 1.41 bits per heavy atom. The smallest absolute Gasteiger partial charge is 0.224 e. The van der Waals surface area contributed by atoms with Gasteiger partial charge in [0.2, 0.25) is 5.91 Å². The minimum absolute atomic E-state index is 0.00410. The summed E-state index contributed by atoms with van der Waals surface area (Å²) in [4.78, 5) is 24.0. The van der Waals surface area contributed by atoms with E-state index in [9.17, 15) is 9.59 Å². The first-order valence-electron chi connectivity index (χ1n) is 7.42. The molecule has 0 spiro atoms. The summed E-state index contributed by atoms with van der Waals surface area (Å²) in [5, 5.41) is 2.85. The Morgan fingerprint density at radius 3 is 2.00 bits per heavy atom. The van der Waals surface area contributed by atoms with Gasteiger partial charge < -0.3 is 5.32 Å². The number of nitrogens with one attached hydrogen (secondary N) is 1. The third-order valence-electron chi connectivity index (χ3n) is 3.46. The first-order chi connectivity index (χ1) is 10.4. The maximum Gasteiger partial charge on any atom is 0.224 e. The van der Waals surface area contributed by atoms with Crippen LogP contribution in [0.5, 0.6) is 0 Å². The van der Waals surface area contributed by atoms with Crippen LogP contribution in [0.2, 0.25) is 0 Å². The number of Topliss-reactive ketones (excluding diaryl/α,β-unsaturated/α-hetero) is 1. The van der Waals surface area contributed by atoms with Crippen LogP contribution in [-0.4, -0.2) is 11.7 Å². The number of anilines is 1. The van der Waals surface area contributed by atoms with E-state index in [0.29, 0.717) is 5.56 Å². The molecule has 0 bridgehead atoms. The number of hydrogen-bond donors (Lipinski definition) is 1. The van der Waals surface area contributed by atoms with Crippen molar-refractivity contribution in [3.05, 3.63) is 64.7 Å². The third-order valence-corrected chi connectivity index (χ3v) is 3.46. The zero-order chi connectivity index (χ0) is 16.1. The lowest BCUT2D eigenvalue weighted by Gasteiger charge is -2.07. The third kappa shape index (κ3) is 4.55. The van der Waals surface area contributed by atoms with Gasteiger partial charge in [-0.2, -0.15) is 0 Å². The predicted molar refractivity (Wildman–Crippen MR) is 89.3 cm³/mol. The minimum atomic E-state index is -0.134. The van der Waals surface area contributed by atoms with Gasteiger partial charge in [-0.15, -0.1) is 0 Å². The number of aryl methyl sites for hydroxylation is 3. The van der Waals surface area contributed by atoms with E-state index in [1.54, 1.807) is 12.1 Å². The highest BCUT2D eigenvalue weighted by molar-refractivity contribution is 6.00. The van der Waals surface area contributed by atoms with Gasteiger partial charge in [0.05, 0.1) is 0 Å². The lowest BCUT2D eigenvalue weighted by Crippen LogP contribution is -2.13. The maximum atomic E-state index is 12.0. The molecule has 0 aliphatic heterocycles. The first kappa shape index (κ1) is 16.0. The molecule has 22 heavy (non-hydrogen) atoms. The highest BCUT2D eigenvalue weighted by atomic mass is 16.2. The van der Waals surface area contributed by atoms with Gasteiger partial charge in [-0.05, 0) is 44.0 Å². The quantitative estimate of drug-likeness (QED) is 0.840. The molecule has 0 unspecified atom stereocenters. The number of amides is 1. The van der Waals surface area contributed by atoms with Crippen molar-refractivity contribution in [1.29, 1.82) is 0 Å². The van der Waals surface area contributed by atoms with Crippen LogP contribution in [0.3, 0.4) is 0 Å². The lowest BCUT2D eigenvalue weighted by atomic mass is 10.0. The molecule has 0 saturated carbocycles. The van der Waals surface area contributed by atoms with Gasteiger partial charge in [-0.3, -0.25) is 9.59 Å². The average molecular weight is 295 g/mol. The van der Waals surface area contributed by atoms with E-state index in [1.165, 1.54) is 0 Å². The molecule has 3 nitrogen and oxygen atoms in total. The summed E-state index contributed by atoms with van der Waals surface area (Å²) in [5.74, 6) is -0.138. The van der Waals surface area contributed by atoms with Crippen LogP contribution < -0.4 is 5.32 Å². The maximum absolute atomic E-state index is 12.0. The zero-order valence-corrected chi connectivity index (χ0v) is 13.3. The minimum Gasteiger partial charge on any atom is -0.326 e. The molecule has 1 amide bonds. The van der Waals surface area contributed by atoms with Gasteiger partial charge in [-0.1, -0.05) is 35.9 Å². The topological polar surface area (TPSA) is 46.2 Å². The molecule has 2 aromatic carbocycles. The highest BCUT2D eigenvalue weighted by Crippen LogP contribution is 2.14. The van der Waals surface area contributed by atoms with Gasteiger partial charge in [-0.25, -0.2) is 0 Å². The van der Waals surface area contributed by atoms with E-state index in [2.05, 4.69) is 11.4 Å². The van der Waals surface area contributed by atoms with Gasteiger partial charge >= 0.3 is 0 Å². The van der Waals surface area contributed by atoms with Crippen LogP contribution in [-0.2, 0) is 4.79 Å². The Hall–Kier alpha value is -2.42. The van der Waals surface area contributed by atoms with Crippen LogP contribution >= 0.6 is 0 Å². The van der Waals surface area contributed by atoms with Crippen LogP contribution in [0, 0.1) is 20.8 Å². The van der Waals surface area contributed by atoms with E-state index in [1.807, 2.05) is 45.0 Å². The summed E-state index contributed by atoms with van der Waals surface area (Å²) in [7, 11) is 0. The Bertz CT molecular complexity index is 667. The summed E-state index contributed by atoms with van der Waals surface area (Å²) in [5.41, 5.74) is 4.76. The molecule has 0 saturated heterocycles. The molecule has 0 heterocycles. The number of carbonyl (C=O) groups excluding carboxylic acids is 2. The molecule has 114 valence electrons. The highest BCUT2D eigenvalue weighted by Gasteiger charge is 2.09. The Labute approximate surface area is 131 Å². The van der Waals surface area contributed by atoms with E-state index in [-0.39, 0.29) is 24.5 Å². The molecule has 0 aliphatic rings. The standard InChI is InChI=1S/C19H21NO2/c1-13-4-6-16(7-5-13)18(21)8-9-19(22)20-17-11-14(2)10-15(3)12-17/h4-7,10-12H,8-9H2,1-3H3,(H,20,22). The van der Waals surface area contributed by atoms with E-state index >= 15 is 0 Å². The monoisotopic (exact) mass is 295 g/mol. The SMILES string of the molecule is Cc1ccc(C(=O)CCC(=O)Nc2cc(C)cc(C)c2)cc1. The van der Waals surface area contributed by atoms with Crippen LogP contribution in [0.15, 0.2) is 42.5 Å². The second kappa shape index (κ2) is 7.03. The van der Waals surface area contributed by atoms with E-state index in [0.717, 1.165) is 22.4 Å². The Morgan fingerprint density at radius 1 is 0.818 bits per heavy atom. The second-order valence-electron chi connectivity index (χ2n) is 5.71. The van der Waals surface area contributed by atoms with Gasteiger partial charge in [0.25, 0.3) is 0 Å². The van der Waals surface area contributed by atoms with Crippen molar-refractivity contribution in [3.63, 3.8) is 0 Å². The number of rotatable bonds is 5. The molecule has 0 aromatic heterocycles. The van der Waals surface area contributed by atoms with E-state index in [4.69, 9.17) is 0 Å². The molecule has 2 aromatic rings. The van der Waals surface area contributed by atoms with Crippen molar-refractivity contribution < 1.29 is 9.59 Å². The van der Waals surface area contributed by atoms with Gasteiger partial charge in [0, 0.05) is 24.1 Å². The zero-order valence-electron chi connectivity index (χ0n) is 13.3. The van der Waals surface area contributed by atoms with Crippen molar-refractivity contribution in [2.45, 2.75) is 33.6 Å². The normalized spacial score (nSPS) is 10.3. The largest absolute Gasteiger partial charge is 0.326 e. The van der Waals surface area contributed by atoms with Crippen molar-refractivity contribution >= 4 is 17.4 Å². The van der Waals surface area contributed by atoms with Crippen LogP contribution in [0.25, 0.3) is 0 Å². The Balaban J connectivity index is 1.89.